The normalized spacial score (nSPS) is 16.2. The number of carbonyl (C=O) groups excluding carboxylic acids is 1. The number of carbonyl (C=O) groups is 1. The number of thiazole rings is 1. The first-order chi connectivity index (χ1) is 13.9. The lowest BCUT2D eigenvalue weighted by Crippen LogP contribution is -2.13. The Hall–Kier alpha value is -2.51. The van der Waals surface area contributed by atoms with Gasteiger partial charge < -0.3 is 0 Å². The van der Waals surface area contributed by atoms with E-state index in [1.165, 1.54) is 16.2 Å². The minimum absolute atomic E-state index is 0.151. The summed E-state index contributed by atoms with van der Waals surface area (Å²) in [4.78, 5) is 18.8. The van der Waals surface area contributed by atoms with E-state index >= 15 is 0 Å². The van der Waals surface area contributed by atoms with Gasteiger partial charge >= 0.3 is 0 Å². The van der Waals surface area contributed by atoms with Crippen molar-refractivity contribution in [3.8, 4) is 0 Å². The van der Waals surface area contributed by atoms with E-state index in [2.05, 4.69) is 17.2 Å². The molecule has 1 aromatic heterocycles. The van der Waals surface area contributed by atoms with Crippen LogP contribution in [0.15, 0.2) is 59.5 Å². The molecule has 1 heterocycles. The number of hydrogen-bond donors (Lipinski definition) is 1. The molecule has 0 radical (unpaired) electrons. The van der Waals surface area contributed by atoms with Crippen LogP contribution in [0.4, 0.5) is 5.13 Å². The summed E-state index contributed by atoms with van der Waals surface area (Å²) in [5.41, 5.74) is 2.09. The largest absolute Gasteiger partial charge is 0.298 e. The summed E-state index contributed by atoms with van der Waals surface area (Å²) in [7, 11) is -3.46. The smallest absolute Gasteiger partial charge is 0.257 e. The molecule has 2 aromatic carbocycles. The maximum Gasteiger partial charge on any atom is 0.257 e. The van der Waals surface area contributed by atoms with Gasteiger partial charge in [0, 0.05) is 10.4 Å². The Kier molecular flexibility index (Phi) is 5.52. The molecule has 1 aliphatic rings. The van der Waals surface area contributed by atoms with E-state index in [0.717, 1.165) is 25.0 Å². The summed E-state index contributed by atoms with van der Waals surface area (Å²) < 4.78 is 25.2. The van der Waals surface area contributed by atoms with E-state index in [1.54, 1.807) is 54.6 Å². The average Bonchev–Trinajstić information content (AvgIpc) is 3.10. The summed E-state index contributed by atoms with van der Waals surface area (Å²) >= 11 is 1.53. The van der Waals surface area contributed by atoms with Crippen LogP contribution in [-0.4, -0.2) is 19.3 Å². The lowest BCUT2D eigenvalue weighted by atomic mass is 9.93. The van der Waals surface area contributed by atoms with Crippen molar-refractivity contribution in [1.29, 1.82) is 0 Å². The summed E-state index contributed by atoms with van der Waals surface area (Å²) in [6.45, 7) is 2.23. The van der Waals surface area contributed by atoms with Crippen molar-refractivity contribution in [1.82, 2.24) is 4.98 Å². The molecule has 3 aromatic rings. The fraction of sp³-hybridized carbons (Fsp3) is 0.273. The van der Waals surface area contributed by atoms with Crippen LogP contribution in [-0.2, 0) is 28.4 Å². The van der Waals surface area contributed by atoms with Gasteiger partial charge in [-0.3, -0.25) is 10.1 Å². The fourth-order valence-corrected chi connectivity index (χ4v) is 6.02. The van der Waals surface area contributed by atoms with Crippen LogP contribution in [0, 0.1) is 5.92 Å². The third-order valence-electron chi connectivity index (χ3n) is 5.05. The monoisotopic (exact) mass is 426 g/mol. The van der Waals surface area contributed by atoms with E-state index in [0.29, 0.717) is 22.2 Å². The molecule has 150 valence electrons. The number of amides is 1. The molecule has 1 atom stereocenters. The van der Waals surface area contributed by atoms with Gasteiger partial charge in [0.2, 0.25) is 0 Å². The third-order valence-corrected chi connectivity index (χ3v) is 7.79. The van der Waals surface area contributed by atoms with Crippen LogP contribution in [0.25, 0.3) is 0 Å². The van der Waals surface area contributed by atoms with Crippen molar-refractivity contribution in [3.05, 3.63) is 76.3 Å². The summed E-state index contributed by atoms with van der Waals surface area (Å²) in [6, 6.07) is 15.1. The van der Waals surface area contributed by atoms with Crippen LogP contribution in [0.1, 0.15) is 39.8 Å². The van der Waals surface area contributed by atoms with Crippen LogP contribution in [0.3, 0.4) is 0 Å². The van der Waals surface area contributed by atoms with Crippen LogP contribution >= 0.6 is 11.3 Å². The summed E-state index contributed by atoms with van der Waals surface area (Å²) in [5.74, 6) is 0.222. The molecule has 0 unspecified atom stereocenters. The van der Waals surface area contributed by atoms with Gasteiger partial charge in [0.25, 0.3) is 5.91 Å². The second kappa shape index (κ2) is 8.08. The van der Waals surface area contributed by atoms with E-state index < -0.39 is 9.84 Å². The Morgan fingerprint density at radius 2 is 1.97 bits per heavy atom. The molecule has 1 amide bonds. The quantitative estimate of drug-likeness (QED) is 0.652. The van der Waals surface area contributed by atoms with Gasteiger partial charge in [-0.2, -0.15) is 0 Å². The number of benzene rings is 2. The predicted octanol–water partition coefficient (Wildman–Crippen LogP) is 4.49. The van der Waals surface area contributed by atoms with Crippen LogP contribution < -0.4 is 5.32 Å². The minimum atomic E-state index is -3.46. The Balaban J connectivity index is 1.49. The standard InChI is InChI=1S/C22H22N2O3S2/c1-15-10-11-19-20(12-15)28-22(23-19)24-21(25)17-7-5-6-16(13-17)14-29(26,27)18-8-3-2-4-9-18/h2-9,13,15H,10-12,14H2,1H3,(H,23,24,25)/t15-/m1/s1. The van der Waals surface area contributed by atoms with Crippen LogP contribution in [0.2, 0.25) is 0 Å². The second-order valence-corrected chi connectivity index (χ2v) is 10.5. The highest BCUT2D eigenvalue weighted by Gasteiger charge is 2.21. The van der Waals surface area contributed by atoms with Crippen molar-refractivity contribution >= 4 is 32.2 Å². The van der Waals surface area contributed by atoms with Gasteiger partial charge in [-0.25, -0.2) is 13.4 Å². The van der Waals surface area contributed by atoms with E-state index in [-0.39, 0.29) is 16.6 Å². The third kappa shape index (κ3) is 4.57. The maximum absolute atomic E-state index is 12.7. The molecule has 0 saturated heterocycles. The highest BCUT2D eigenvalue weighted by molar-refractivity contribution is 7.90. The molecule has 7 heteroatoms. The van der Waals surface area contributed by atoms with Gasteiger partial charge in [0.1, 0.15) is 0 Å². The second-order valence-electron chi connectivity index (χ2n) is 7.46. The van der Waals surface area contributed by atoms with Crippen molar-refractivity contribution in [2.45, 2.75) is 36.8 Å². The first-order valence-corrected chi connectivity index (χ1v) is 12.0. The number of aryl methyl sites for hydroxylation is 1. The number of nitrogens with zero attached hydrogens (tertiary/aromatic N) is 1. The molecule has 4 rings (SSSR count). The Bertz CT molecular complexity index is 1140. The topological polar surface area (TPSA) is 76.1 Å². The van der Waals surface area contributed by atoms with Gasteiger partial charge in [-0.1, -0.05) is 37.3 Å². The number of anilines is 1. The maximum atomic E-state index is 12.7. The number of sulfone groups is 1. The molecular weight excluding hydrogens is 404 g/mol. The minimum Gasteiger partial charge on any atom is -0.298 e. The molecule has 0 spiro atoms. The van der Waals surface area contributed by atoms with Gasteiger partial charge in [0.05, 0.1) is 16.3 Å². The molecule has 1 N–H and O–H groups in total. The van der Waals surface area contributed by atoms with Gasteiger partial charge in [0.15, 0.2) is 15.0 Å². The van der Waals surface area contributed by atoms with Gasteiger partial charge in [-0.15, -0.1) is 11.3 Å². The average molecular weight is 427 g/mol. The molecule has 29 heavy (non-hydrogen) atoms. The SMILES string of the molecule is C[C@@H]1CCc2nc(NC(=O)c3cccc(CS(=O)(=O)c4ccccc4)c3)sc2C1. The Morgan fingerprint density at radius 1 is 1.17 bits per heavy atom. The predicted molar refractivity (Wildman–Crippen MR) is 115 cm³/mol. The Morgan fingerprint density at radius 3 is 2.76 bits per heavy atom. The number of fused-ring (bicyclic) bond motifs is 1. The number of nitrogens with one attached hydrogen (secondary N) is 1. The zero-order valence-corrected chi connectivity index (χ0v) is 17.7. The Labute approximate surface area is 174 Å². The van der Waals surface area contributed by atoms with Crippen LogP contribution in [0.5, 0.6) is 0 Å². The van der Waals surface area contributed by atoms with E-state index in [9.17, 15) is 13.2 Å². The fourth-order valence-electron chi connectivity index (χ4n) is 3.50. The number of aromatic nitrogens is 1. The lowest BCUT2D eigenvalue weighted by Gasteiger charge is -2.15. The number of hydrogen-bond acceptors (Lipinski definition) is 5. The van der Waals surface area contributed by atoms with Crippen molar-refractivity contribution in [3.63, 3.8) is 0 Å². The first kappa shape index (κ1) is 19.8. The molecule has 0 bridgehead atoms. The molecular formula is C22H22N2O3S2. The zero-order chi connectivity index (χ0) is 20.4. The molecule has 0 fully saturated rings. The number of rotatable bonds is 5. The summed E-state index contributed by atoms with van der Waals surface area (Å²) in [5, 5.41) is 3.48. The van der Waals surface area contributed by atoms with E-state index in [4.69, 9.17) is 0 Å². The lowest BCUT2D eigenvalue weighted by molar-refractivity contribution is 0.102. The van der Waals surface area contributed by atoms with Crippen molar-refractivity contribution in [2.75, 3.05) is 5.32 Å². The van der Waals surface area contributed by atoms with Gasteiger partial charge in [-0.05, 0) is 55.0 Å². The van der Waals surface area contributed by atoms with E-state index in [1.807, 2.05) is 0 Å². The molecule has 1 aliphatic carbocycles. The molecule has 5 nitrogen and oxygen atoms in total. The highest BCUT2D eigenvalue weighted by Crippen LogP contribution is 2.32. The van der Waals surface area contributed by atoms with Crippen molar-refractivity contribution in [2.24, 2.45) is 5.92 Å². The van der Waals surface area contributed by atoms with Crippen molar-refractivity contribution < 1.29 is 13.2 Å². The molecule has 0 saturated carbocycles. The zero-order valence-electron chi connectivity index (χ0n) is 16.1. The first-order valence-electron chi connectivity index (χ1n) is 9.57. The highest BCUT2D eigenvalue weighted by atomic mass is 32.2. The molecule has 0 aliphatic heterocycles. The summed E-state index contributed by atoms with van der Waals surface area (Å²) in [6.07, 6.45) is 3.09.